The molecule has 1 N–H and O–H groups in total. The molecule has 1 aromatic heterocycles. The van der Waals surface area contributed by atoms with Crippen LogP contribution in [0.5, 0.6) is 5.75 Å². The molecule has 0 aliphatic rings. The zero-order valence-corrected chi connectivity index (χ0v) is 12.4. The summed E-state index contributed by atoms with van der Waals surface area (Å²) in [5.74, 6) is 0.887. The highest BCUT2D eigenvalue weighted by molar-refractivity contribution is 5.30. The second-order valence-electron chi connectivity index (χ2n) is 4.91. The number of benzene rings is 1. The first kappa shape index (κ1) is 14.5. The lowest BCUT2D eigenvalue weighted by molar-refractivity contribution is 0.414. The largest absolute Gasteiger partial charge is 0.497 e. The van der Waals surface area contributed by atoms with Crippen molar-refractivity contribution < 1.29 is 4.74 Å². The first-order valence-electron chi connectivity index (χ1n) is 7.01. The van der Waals surface area contributed by atoms with Gasteiger partial charge in [-0.15, -0.1) is 0 Å². The Labute approximate surface area is 121 Å². The number of hydrogen-bond donors (Lipinski definition) is 1. The molecule has 1 atom stereocenters. The van der Waals surface area contributed by atoms with Gasteiger partial charge in [-0.3, -0.25) is 4.98 Å². The molecule has 3 heteroatoms. The molecule has 0 bridgehead atoms. The van der Waals surface area contributed by atoms with E-state index in [2.05, 4.69) is 48.4 Å². The first-order chi connectivity index (χ1) is 9.72. The Morgan fingerprint density at radius 3 is 2.45 bits per heavy atom. The number of methoxy groups -OCH3 is 1. The molecule has 1 unspecified atom stereocenters. The Hall–Kier alpha value is -1.87. The Bertz CT molecular complexity index is 520. The smallest absolute Gasteiger partial charge is 0.118 e. The molecule has 0 saturated carbocycles. The topological polar surface area (TPSA) is 34.2 Å². The molecule has 1 aromatic carbocycles. The van der Waals surface area contributed by atoms with Crippen molar-refractivity contribution in [2.45, 2.75) is 26.3 Å². The summed E-state index contributed by atoms with van der Waals surface area (Å²) in [6.45, 7) is 5.11. The average molecular weight is 270 g/mol. The summed E-state index contributed by atoms with van der Waals surface area (Å²) in [7, 11) is 1.69. The molecule has 3 nitrogen and oxygen atoms in total. The van der Waals surface area contributed by atoms with Crippen LogP contribution < -0.4 is 10.1 Å². The van der Waals surface area contributed by atoms with Gasteiger partial charge in [0.2, 0.25) is 0 Å². The van der Waals surface area contributed by atoms with E-state index in [1.54, 1.807) is 7.11 Å². The van der Waals surface area contributed by atoms with E-state index in [4.69, 9.17) is 4.74 Å². The summed E-state index contributed by atoms with van der Waals surface area (Å²) in [5.41, 5.74) is 3.56. The minimum Gasteiger partial charge on any atom is -0.497 e. The van der Waals surface area contributed by atoms with E-state index >= 15 is 0 Å². The van der Waals surface area contributed by atoms with E-state index in [-0.39, 0.29) is 6.04 Å². The van der Waals surface area contributed by atoms with E-state index in [1.807, 2.05) is 18.3 Å². The highest BCUT2D eigenvalue weighted by atomic mass is 16.5. The van der Waals surface area contributed by atoms with Crippen LogP contribution in [-0.2, 0) is 6.42 Å². The van der Waals surface area contributed by atoms with Crippen LogP contribution in [0.25, 0.3) is 0 Å². The number of likely N-dealkylation sites (N-methyl/N-ethyl adjacent to an activating group) is 1. The lowest BCUT2D eigenvalue weighted by atomic mass is 10.0. The number of aryl methyl sites for hydroxylation is 1. The predicted molar refractivity (Wildman–Crippen MR) is 82.1 cm³/mol. The molecule has 106 valence electrons. The van der Waals surface area contributed by atoms with Crippen molar-refractivity contribution in [1.29, 1.82) is 0 Å². The van der Waals surface area contributed by atoms with Gasteiger partial charge in [0, 0.05) is 24.4 Å². The molecule has 0 radical (unpaired) electrons. The van der Waals surface area contributed by atoms with Gasteiger partial charge in [0.05, 0.1) is 7.11 Å². The third-order valence-electron chi connectivity index (χ3n) is 3.35. The molecule has 0 amide bonds. The van der Waals surface area contributed by atoms with E-state index in [1.165, 1.54) is 11.1 Å². The molecular formula is C17H22N2O. The third kappa shape index (κ3) is 3.81. The normalized spacial score (nSPS) is 12.2. The van der Waals surface area contributed by atoms with Gasteiger partial charge in [-0.05, 0) is 42.8 Å². The first-order valence-corrected chi connectivity index (χ1v) is 7.01. The Morgan fingerprint density at radius 2 is 1.90 bits per heavy atom. The number of aromatic nitrogens is 1. The number of nitrogens with zero attached hydrogens (tertiary/aromatic N) is 1. The monoisotopic (exact) mass is 270 g/mol. The van der Waals surface area contributed by atoms with Crippen LogP contribution >= 0.6 is 0 Å². The maximum Gasteiger partial charge on any atom is 0.118 e. The van der Waals surface area contributed by atoms with Gasteiger partial charge in [-0.25, -0.2) is 0 Å². The van der Waals surface area contributed by atoms with Crippen LogP contribution in [-0.4, -0.2) is 18.6 Å². The van der Waals surface area contributed by atoms with Crippen LogP contribution in [0.2, 0.25) is 0 Å². The van der Waals surface area contributed by atoms with Gasteiger partial charge >= 0.3 is 0 Å². The van der Waals surface area contributed by atoms with Crippen molar-refractivity contribution in [3.8, 4) is 5.75 Å². The van der Waals surface area contributed by atoms with Gasteiger partial charge in [0.25, 0.3) is 0 Å². The molecule has 0 fully saturated rings. The van der Waals surface area contributed by atoms with Gasteiger partial charge < -0.3 is 10.1 Å². The van der Waals surface area contributed by atoms with Gasteiger partial charge in [-0.1, -0.05) is 25.1 Å². The van der Waals surface area contributed by atoms with Crippen molar-refractivity contribution in [1.82, 2.24) is 10.3 Å². The molecule has 0 spiro atoms. The Balaban J connectivity index is 2.14. The van der Waals surface area contributed by atoms with Crippen molar-refractivity contribution >= 4 is 0 Å². The molecule has 0 saturated heterocycles. The fraction of sp³-hybridized carbons (Fsp3) is 0.353. The summed E-state index contributed by atoms with van der Waals surface area (Å²) in [6, 6.07) is 12.7. The molecule has 0 aliphatic heterocycles. The second kappa shape index (κ2) is 7.06. The Kier molecular flexibility index (Phi) is 5.13. The van der Waals surface area contributed by atoms with E-state index in [9.17, 15) is 0 Å². The van der Waals surface area contributed by atoms with Gasteiger partial charge in [0.1, 0.15) is 5.75 Å². The van der Waals surface area contributed by atoms with E-state index in [0.717, 1.165) is 24.4 Å². The summed E-state index contributed by atoms with van der Waals surface area (Å²) in [4.78, 5) is 4.49. The maximum atomic E-state index is 5.21. The second-order valence-corrected chi connectivity index (χ2v) is 4.91. The summed E-state index contributed by atoms with van der Waals surface area (Å²) < 4.78 is 5.21. The van der Waals surface area contributed by atoms with Crippen molar-refractivity contribution in [3.05, 3.63) is 59.4 Å². The van der Waals surface area contributed by atoms with E-state index in [0.29, 0.717) is 0 Å². The van der Waals surface area contributed by atoms with Crippen LogP contribution in [0.3, 0.4) is 0 Å². The summed E-state index contributed by atoms with van der Waals surface area (Å²) in [6.07, 6.45) is 2.81. The Morgan fingerprint density at radius 1 is 1.15 bits per heavy atom. The highest BCUT2D eigenvalue weighted by Crippen LogP contribution is 2.20. The lowest BCUT2D eigenvalue weighted by Gasteiger charge is -2.18. The van der Waals surface area contributed by atoms with E-state index < -0.39 is 0 Å². The number of rotatable bonds is 6. The number of pyridine rings is 1. The van der Waals surface area contributed by atoms with Gasteiger partial charge in [-0.2, -0.15) is 0 Å². The van der Waals surface area contributed by atoms with Crippen LogP contribution in [0.1, 0.15) is 29.8 Å². The van der Waals surface area contributed by atoms with Crippen molar-refractivity contribution in [2.24, 2.45) is 0 Å². The summed E-state index contributed by atoms with van der Waals surface area (Å²) >= 11 is 0. The van der Waals surface area contributed by atoms with Gasteiger partial charge in [0.15, 0.2) is 0 Å². The van der Waals surface area contributed by atoms with Crippen LogP contribution in [0.15, 0.2) is 42.6 Å². The van der Waals surface area contributed by atoms with Crippen LogP contribution in [0, 0.1) is 6.92 Å². The zero-order chi connectivity index (χ0) is 14.4. The standard InChI is InChI=1S/C17H22N2O/c1-4-18-17(11-15-8-5-13(2)12-19-15)14-6-9-16(20-3)10-7-14/h5-10,12,17-18H,4,11H2,1-3H3. The molecular weight excluding hydrogens is 248 g/mol. The zero-order valence-electron chi connectivity index (χ0n) is 12.4. The van der Waals surface area contributed by atoms with Crippen molar-refractivity contribution in [2.75, 3.05) is 13.7 Å². The lowest BCUT2D eigenvalue weighted by Crippen LogP contribution is -2.23. The highest BCUT2D eigenvalue weighted by Gasteiger charge is 2.12. The number of nitrogens with one attached hydrogen (secondary N) is 1. The summed E-state index contributed by atoms with van der Waals surface area (Å²) in [5, 5.41) is 3.52. The molecule has 1 heterocycles. The molecule has 2 rings (SSSR count). The maximum absolute atomic E-state index is 5.21. The fourth-order valence-electron chi connectivity index (χ4n) is 2.22. The molecule has 20 heavy (non-hydrogen) atoms. The fourth-order valence-corrected chi connectivity index (χ4v) is 2.22. The number of hydrogen-bond acceptors (Lipinski definition) is 3. The predicted octanol–water partition coefficient (Wildman–Crippen LogP) is 3.29. The quantitative estimate of drug-likeness (QED) is 0.874. The molecule has 2 aromatic rings. The van der Waals surface area contributed by atoms with Crippen molar-refractivity contribution in [3.63, 3.8) is 0 Å². The number of ether oxygens (including phenoxy) is 1. The third-order valence-corrected chi connectivity index (χ3v) is 3.35. The molecule has 0 aliphatic carbocycles. The SMILES string of the molecule is CCNC(Cc1ccc(C)cn1)c1ccc(OC)cc1. The van der Waals surface area contributed by atoms with Crippen LogP contribution in [0.4, 0.5) is 0 Å². The average Bonchev–Trinajstić information content (AvgIpc) is 2.49. The minimum absolute atomic E-state index is 0.279. The minimum atomic E-state index is 0.279.